The largest absolute Gasteiger partial charge is 0.325 e. The first-order chi connectivity index (χ1) is 17.4. The molecule has 8 nitrogen and oxygen atoms in total. The third-order valence-corrected chi connectivity index (χ3v) is 7.37. The smallest absolute Gasteiger partial charge is 0.240 e. The Bertz CT molecular complexity index is 1520. The Labute approximate surface area is 209 Å². The van der Waals surface area contributed by atoms with Crippen LogP contribution in [0.5, 0.6) is 0 Å². The molecule has 1 aliphatic heterocycles. The van der Waals surface area contributed by atoms with Gasteiger partial charge >= 0.3 is 0 Å². The Morgan fingerprint density at radius 3 is 2.56 bits per heavy atom. The van der Waals surface area contributed by atoms with Crippen LogP contribution >= 0.6 is 0 Å². The molecule has 4 aromatic rings. The van der Waals surface area contributed by atoms with Crippen molar-refractivity contribution in [3.63, 3.8) is 0 Å². The lowest BCUT2D eigenvalue weighted by molar-refractivity contribution is -0.115. The summed E-state index contributed by atoms with van der Waals surface area (Å²) in [6, 6.07) is 22.0. The van der Waals surface area contributed by atoms with E-state index in [0.29, 0.717) is 30.3 Å². The molecule has 5 rings (SSSR count). The maximum Gasteiger partial charge on any atom is 0.240 e. The van der Waals surface area contributed by atoms with E-state index in [-0.39, 0.29) is 17.2 Å². The molecule has 9 heteroatoms. The van der Waals surface area contributed by atoms with Crippen LogP contribution in [-0.2, 0) is 27.7 Å². The lowest BCUT2D eigenvalue weighted by Crippen LogP contribution is -2.25. The van der Waals surface area contributed by atoms with Gasteiger partial charge in [0.2, 0.25) is 21.9 Å². The minimum absolute atomic E-state index is 0.112. The van der Waals surface area contributed by atoms with Crippen LogP contribution in [0, 0.1) is 6.92 Å². The van der Waals surface area contributed by atoms with Gasteiger partial charge in [-0.25, -0.2) is 23.1 Å². The summed E-state index contributed by atoms with van der Waals surface area (Å²) < 4.78 is 28.0. The summed E-state index contributed by atoms with van der Waals surface area (Å²) in [5, 5.41) is 6.06. The highest BCUT2D eigenvalue weighted by Gasteiger charge is 2.21. The van der Waals surface area contributed by atoms with Crippen LogP contribution in [0.15, 0.2) is 83.9 Å². The zero-order chi connectivity index (χ0) is 25.1. The lowest BCUT2D eigenvalue weighted by Gasteiger charge is -2.12. The average molecular weight is 500 g/mol. The van der Waals surface area contributed by atoms with Crippen molar-refractivity contribution in [3.05, 3.63) is 95.7 Å². The zero-order valence-corrected chi connectivity index (χ0v) is 20.5. The van der Waals surface area contributed by atoms with E-state index in [0.717, 1.165) is 27.9 Å². The van der Waals surface area contributed by atoms with Crippen LogP contribution in [-0.4, -0.2) is 30.8 Å². The summed E-state index contributed by atoms with van der Waals surface area (Å²) in [6.45, 7) is 2.28. The summed E-state index contributed by atoms with van der Waals surface area (Å²) in [6.07, 6.45) is 2.45. The Balaban J connectivity index is 1.31. The van der Waals surface area contributed by atoms with Crippen molar-refractivity contribution < 1.29 is 13.2 Å². The van der Waals surface area contributed by atoms with E-state index in [1.165, 1.54) is 12.1 Å². The SMILES string of the molecule is Cc1ccc2c(c1)NC(=O)Cc1cnc(Nc3ccc(S(=O)(=O)NCCc4ccccc4)cc3)nc1-2. The molecule has 1 amide bonds. The Morgan fingerprint density at radius 1 is 1.00 bits per heavy atom. The number of hydrogen-bond donors (Lipinski definition) is 3. The maximum atomic E-state index is 12.7. The number of nitrogens with one attached hydrogen (secondary N) is 3. The van der Waals surface area contributed by atoms with Crippen molar-refractivity contribution in [2.45, 2.75) is 24.7 Å². The molecule has 0 saturated heterocycles. The number of aromatic nitrogens is 2. The summed E-state index contributed by atoms with van der Waals surface area (Å²) >= 11 is 0. The monoisotopic (exact) mass is 499 g/mol. The van der Waals surface area contributed by atoms with Gasteiger partial charge in [0.15, 0.2) is 0 Å². The molecule has 0 aliphatic carbocycles. The van der Waals surface area contributed by atoms with Gasteiger partial charge in [-0.2, -0.15) is 0 Å². The first kappa shape index (κ1) is 23.7. The van der Waals surface area contributed by atoms with Gasteiger partial charge in [-0.15, -0.1) is 0 Å². The number of hydrogen-bond acceptors (Lipinski definition) is 6. The highest BCUT2D eigenvalue weighted by molar-refractivity contribution is 7.89. The number of fused-ring (bicyclic) bond motifs is 3. The minimum Gasteiger partial charge on any atom is -0.325 e. The molecule has 0 bridgehead atoms. The van der Waals surface area contributed by atoms with Crippen molar-refractivity contribution in [2.24, 2.45) is 0 Å². The second-order valence-corrected chi connectivity index (χ2v) is 10.4. The van der Waals surface area contributed by atoms with Crippen molar-refractivity contribution in [1.29, 1.82) is 0 Å². The number of rotatable bonds is 7. The predicted octanol–water partition coefficient (Wildman–Crippen LogP) is 4.21. The second kappa shape index (κ2) is 9.88. The number of amides is 1. The van der Waals surface area contributed by atoms with Crippen molar-refractivity contribution in [2.75, 3.05) is 17.2 Å². The van der Waals surface area contributed by atoms with Gasteiger partial charge in [0.25, 0.3) is 0 Å². The molecule has 0 saturated carbocycles. The minimum atomic E-state index is -3.63. The van der Waals surface area contributed by atoms with E-state index in [9.17, 15) is 13.2 Å². The lowest BCUT2D eigenvalue weighted by atomic mass is 10.0. The van der Waals surface area contributed by atoms with Crippen LogP contribution in [0.4, 0.5) is 17.3 Å². The molecule has 2 heterocycles. The number of nitrogens with zero attached hydrogens (tertiary/aromatic N) is 2. The van der Waals surface area contributed by atoms with Crippen LogP contribution in [0.2, 0.25) is 0 Å². The highest BCUT2D eigenvalue weighted by Crippen LogP contribution is 2.33. The molecule has 1 aromatic heterocycles. The quantitative estimate of drug-likeness (QED) is 0.351. The molecule has 182 valence electrons. The molecule has 0 radical (unpaired) electrons. The fourth-order valence-corrected chi connectivity index (χ4v) is 5.10. The second-order valence-electron chi connectivity index (χ2n) is 8.62. The van der Waals surface area contributed by atoms with Crippen LogP contribution < -0.4 is 15.4 Å². The molecule has 3 aromatic carbocycles. The first-order valence-electron chi connectivity index (χ1n) is 11.5. The molecular formula is C27H25N5O3S. The number of aryl methyl sites for hydroxylation is 1. The van der Waals surface area contributed by atoms with Crippen LogP contribution in [0.1, 0.15) is 16.7 Å². The van der Waals surface area contributed by atoms with Gasteiger partial charge in [-0.05, 0) is 54.8 Å². The van der Waals surface area contributed by atoms with E-state index in [4.69, 9.17) is 0 Å². The third kappa shape index (κ3) is 5.27. The van der Waals surface area contributed by atoms with Gasteiger partial charge < -0.3 is 10.6 Å². The first-order valence-corrected chi connectivity index (χ1v) is 13.0. The van der Waals surface area contributed by atoms with E-state index in [1.54, 1.807) is 18.3 Å². The fourth-order valence-electron chi connectivity index (χ4n) is 4.07. The summed E-state index contributed by atoms with van der Waals surface area (Å²) in [7, 11) is -3.63. The molecule has 1 aliphatic rings. The standard InChI is InChI=1S/C27H25N5O3S/c1-18-7-12-23-24(15-18)31-25(33)16-20-17-28-27(32-26(20)23)30-21-8-10-22(11-9-21)36(34,35)29-14-13-19-5-3-2-4-6-19/h2-12,15,17,29H,13-14,16H2,1H3,(H,31,33)(H,28,30,32). The maximum absolute atomic E-state index is 12.7. The highest BCUT2D eigenvalue weighted by atomic mass is 32.2. The van der Waals surface area contributed by atoms with E-state index in [1.807, 2.05) is 55.5 Å². The molecule has 0 fully saturated rings. The Morgan fingerprint density at radius 2 is 1.78 bits per heavy atom. The number of carbonyl (C=O) groups is 1. The molecular weight excluding hydrogens is 474 g/mol. The Hall–Kier alpha value is -4.08. The zero-order valence-electron chi connectivity index (χ0n) is 19.7. The van der Waals surface area contributed by atoms with Gasteiger partial charge in [0.1, 0.15) is 0 Å². The van der Waals surface area contributed by atoms with Gasteiger partial charge in [-0.1, -0.05) is 42.5 Å². The topological polar surface area (TPSA) is 113 Å². The molecule has 36 heavy (non-hydrogen) atoms. The summed E-state index contributed by atoms with van der Waals surface area (Å²) in [5.41, 5.74) is 5.72. The van der Waals surface area contributed by atoms with E-state index < -0.39 is 10.0 Å². The predicted molar refractivity (Wildman–Crippen MR) is 140 cm³/mol. The van der Waals surface area contributed by atoms with Crippen molar-refractivity contribution >= 4 is 33.3 Å². The Kier molecular flexibility index (Phi) is 6.49. The summed E-state index contributed by atoms with van der Waals surface area (Å²) in [5.74, 6) is 0.241. The van der Waals surface area contributed by atoms with Crippen molar-refractivity contribution in [1.82, 2.24) is 14.7 Å². The van der Waals surface area contributed by atoms with Crippen LogP contribution in [0.3, 0.4) is 0 Å². The molecule has 3 N–H and O–H groups in total. The number of anilines is 3. The number of sulfonamides is 1. The van der Waals surface area contributed by atoms with E-state index in [2.05, 4.69) is 25.3 Å². The molecule has 0 atom stereocenters. The summed E-state index contributed by atoms with van der Waals surface area (Å²) in [4.78, 5) is 21.5. The third-order valence-electron chi connectivity index (χ3n) is 5.89. The normalized spacial score (nSPS) is 12.8. The van der Waals surface area contributed by atoms with E-state index >= 15 is 0 Å². The van der Waals surface area contributed by atoms with Gasteiger partial charge in [0.05, 0.1) is 22.7 Å². The fraction of sp³-hybridized carbons (Fsp3) is 0.148. The number of benzene rings is 3. The number of carbonyl (C=O) groups excluding carboxylic acids is 1. The van der Waals surface area contributed by atoms with Gasteiger partial charge in [-0.3, -0.25) is 4.79 Å². The van der Waals surface area contributed by atoms with Crippen molar-refractivity contribution in [3.8, 4) is 11.3 Å². The van der Waals surface area contributed by atoms with Crippen LogP contribution in [0.25, 0.3) is 11.3 Å². The van der Waals surface area contributed by atoms with Gasteiger partial charge in [0, 0.05) is 29.6 Å². The average Bonchev–Trinajstić information content (AvgIpc) is 2.99. The molecule has 0 unspecified atom stereocenters. The molecule has 0 spiro atoms.